The maximum atomic E-state index is 12.6. The van der Waals surface area contributed by atoms with Gasteiger partial charge in [-0.15, -0.1) is 0 Å². The van der Waals surface area contributed by atoms with E-state index in [1.807, 2.05) is 26.0 Å². The molecule has 26 heavy (non-hydrogen) atoms. The standard InChI is InChI=1S/C19H21N3O4/c1-11-7-13(8-12(2)20-11)18-21-15-9-14(26-6-5-24-3)10-16(25-4)17(15)19(23)22-18/h7-10H,5-6H2,1-4H3,(H,21,22,23). The fourth-order valence-electron chi connectivity index (χ4n) is 2.81. The van der Waals surface area contributed by atoms with E-state index in [-0.39, 0.29) is 5.56 Å². The molecule has 7 nitrogen and oxygen atoms in total. The smallest absolute Gasteiger partial charge is 0.262 e. The predicted octanol–water partition coefficient (Wildman–Crippen LogP) is 2.64. The van der Waals surface area contributed by atoms with Gasteiger partial charge in [0.25, 0.3) is 5.56 Å². The van der Waals surface area contributed by atoms with Gasteiger partial charge < -0.3 is 19.2 Å². The molecule has 136 valence electrons. The molecule has 0 bridgehead atoms. The van der Waals surface area contributed by atoms with Crippen LogP contribution in [-0.2, 0) is 4.74 Å². The minimum atomic E-state index is -0.266. The Morgan fingerprint density at radius 2 is 1.73 bits per heavy atom. The number of nitrogens with one attached hydrogen (secondary N) is 1. The number of aromatic amines is 1. The average Bonchev–Trinajstić information content (AvgIpc) is 2.60. The highest BCUT2D eigenvalue weighted by atomic mass is 16.5. The highest BCUT2D eigenvalue weighted by Crippen LogP contribution is 2.29. The van der Waals surface area contributed by atoms with E-state index in [4.69, 9.17) is 14.2 Å². The summed E-state index contributed by atoms with van der Waals surface area (Å²) in [6, 6.07) is 7.17. The summed E-state index contributed by atoms with van der Waals surface area (Å²) in [5.74, 6) is 1.46. The summed E-state index contributed by atoms with van der Waals surface area (Å²) in [5.41, 5.74) is 2.76. The van der Waals surface area contributed by atoms with Crippen LogP contribution in [0.3, 0.4) is 0 Å². The fourth-order valence-corrected chi connectivity index (χ4v) is 2.81. The van der Waals surface area contributed by atoms with Crippen molar-refractivity contribution in [2.75, 3.05) is 27.4 Å². The van der Waals surface area contributed by atoms with Crippen LogP contribution in [0.15, 0.2) is 29.1 Å². The third-order valence-corrected chi connectivity index (χ3v) is 3.88. The molecule has 1 N–H and O–H groups in total. The quantitative estimate of drug-likeness (QED) is 0.684. The Hall–Kier alpha value is -2.93. The van der Waals surface area contributed by atoms with Gasteiger partial charge in [0.05, 0.1) is 19.2 Å². The second-order valence-corrected chi connectivity index (χ2v) is 5.91. The molecule has 0 aliphatic carbocycles. The second kappa shape index (κ2) is 7.53. The van der Waals surface area contributed by atoms with Crippen molar-refractivity contribution in [3.05, 3.63) is 46.0 Å². The Morgan fingerprint density at radius 1 is 1.00 bits per heavy atom. The molecule has 3 aromatic rings. The monoisotopic (exact) mass is 355 g/mol. The Balaban J connectivity index is 2.14. The van der Waals surface area contributed by atoms with Crippen LogP contribution in [-0.4, -0.2) is 42.4 Å². The van der Waals surface area contributed by atoms with Gasteiger partial charge in [-0.25, -0.2) is 4.98 Å². The number of nitrogens with zero attached hydrogens (tertiary/aromatic N) is 2. The first-order valence-corrected chi connectivity index (χ1v) is 8.21. The van der Waals surface area contributed by atoms with E-state index in [0.717, 1.165) is 17.0 Å². The largest absolute Gasteiger partial charge is 0.496 e. The SMILES string of the molecule is COCCOc1cc(OC)c2c(=O)[nH]c(-c3cc(C)nc(C)c3)nc2c1. The van der Waals surface area contributed by atoms with Gasteiger partial charge in [0.2, 0.25) is 0 Å². The van der Waals surface area contributed by atoms with Crippen molar-refractivity contribution in [2.45, 2.75) is 13.8 Å². The highest BCUT2D eigenvalue weighted by Gasteiger charge is 2.14. The van der Waals surface area contributed by atoms with E-state index in [0.29, 0.717) is 41.4 Å². The van der Waals surface area contributed by atoms with Gasteiger partial charge in [0.15, 0.2) is 0 Å². The van der Waals surface area contributed by atoms with Gasteiger partial charge in [0.1, 0.15) is 29.3 Å². The minimum Gasteiger partial charge on any atom is -0.496 e. The molecule has 0 aliphatic rings. The number of aryl methyl sites for hydroxylation is 2. The lowest BCUT2D eigenvalue weighted by Gasteiger charge is -2.11. The van der Waals surface area contributed by atoms with E-state index in [1.165, 1.54) is 7.11 Å². The summed E-state index contributed by atoms with van der Waals surface area (Å²) < 4.78 is 16.0. The van der Waals surface area contributed by atoms with Crippen LogP contribution in [0.25, 0.3) is 22.3 Å². The van der Waals surface area contributed by atoms with E-state index in [2.05, 4.69) is 15.0 Å². The zero-order chi connectivity index (χ0) is 18.7. The first kappa shape index (κ1) is 17.9. The molecule has 0 aliphatic heterocycles. The molecule has 0 unspecified atom stereocenters. The lowest BCUT2D eigenvalue weighted by Crippen LogP contribution is -2.12. The molecule has 0 radical (unpaired) electrons. The van der Waals surface area contributed by atoms with E-state index in [9.17, 15) is 4.79 Å². The van der Waals surface area contributed by atoms with Crippen LogP contribution in [0.5, 0.6) is 11.5 Å². The highest BCUT2D eigenvalue weighted by molar-refractivity contribution is 5.87. The summed E-state index contributed by atoms with van der Waals surface area (Å²) in [7, 11) is 3.12. The minimum absolute atomic E-state index is 0.266. The van der Waals surface area contributed by atoms with Gasteiger partial charge in [-0.05, 0) is 26.0 Å². The Morgan fingerprint density at radius 3 is 2.38 bits per heavy atom. The van der Waals surface area contributed by atoms with Crippen LogP contribution in [0.2, 0.25) is 0 Å². The predicted molar refractivity (Wildman–Crippen MR) is 99.0 cm³/mol. The average molecular weight is 355 g/mol. The number of pyridine rings is 1. The molecule has 1 aromatic carbocycles. The van der Waals surface area contributed by atoms with Crippen molar-refractivity contribution in [2.24, 2.45) is 0 Å². The maximum absolute atomic E-state index is 12.6. The number of H-pyrrole nitrogens is 1. The lowest BCUT2D eigenvalue weighted by molar-refractivity contribution is 0.146. The van der Waals surface area contributed by atoms with Crippen molar-refractivity contribution < 1.29 is 14.2 Å². The number of hydrogen-bond donors (Lipinski definition) is 1. The number of fused-ring (bicyclic) bond motifs is 1. The zero-order valence-corrected chi connectivity index (χ0v) is 15.3. The van der Waals surface area contributed by atoms with Crippen molar-refractivity contribution >= 4 is 10.9 Å². The van der Waals surface area contributed by atoms with Crippen LogP contribution in [0.4, 0.5) is 0 Å². The molecule has 3 rings (SSSR count). The van der Waals surface area contributed by atoms with Crippen LogP contribution >= 0.6 is 0 Å². The van der Waals surface area contributed by atoms with Gasteiger partial charge >= 0.3 is 0 Å². The van der Waals surface area contributed by atoms with E-state index in [1.54, 1.807) is 19.2 Å². The molecule has 0 atom stereocenters. The van der Waals surface area contributed by atoms with Crippen molar-refractivity contribution in [3.8, 4) is 22.9 Å². The summed E-state index contributed by atoms with van der Waals surface area (Å²) in [6.07, 6.45) is 0. The lowest BCUT2D eigenvalue weighted by atomic mass is 10.1. The molecular formula is C19H21N3O4. The molecule has 2 heterocycles. The zero-order valence-electron chi connectivity index (χ0n) is 15.3. The van der Waals surface area contributed by atoms with Crippen molar-refractivity contribution in [1.82, 2.24) is 15.0 Å². The molecule has 0 spiro atoms. The Kier molecular flexibility index (Phi) is 5.18. The molecule has 7 heteroatoms. The third kappa shape index (κ3) is 3.67. The van der Waals surface area contributed by atoms with Gasteiger partial charge in [-0.1, -0.05) is 0 Å². The topological polar surface area (TPSA) is 86.3 Å². The number of hydrogen-bond acceptors (Lipinski definition) is 6. The van der Waals surface area contributed by atoms with E-state index < -0.39 is 0 Å². The Labute approximate surface area is 151 Å². The summed E-state index contributed by atoms with van der Waals surface area (Å²) >= 11 is 0. The van der Waals surface area contributed by atoms with Crippen LogP contribution < -0.4 is 15.0 Å². The Bertz CT molecular complexity index is 978. The maximum Gasteiger partial charge on any atom is 0.262 e. The van der Waals surface area contributed by atoms with Gasteiger partial charge in [0, 0.05) is 36.2 Å². The summed E-state index contributed by atoms with van der Waals surface area (Å²) in [6.45, 7) is 4.66. The third-order valence-electron chi connectivity index (χ3n) is 3.88. The molecule has 0 fully saturated rings. The second-order valence-electron chi connectivity index (χ2n) is 5.91. The molecule has 0 saturated carbocycles. The number of methoxy groups -OCH3 is 2. The molecule has 0 saturated heterocycles. The molecule has 2 aromatic heterocycles. The van der Waals surface area contributed by atoms with Gasteiger partial charge in [-0.2, -0.15) is 0 Å². The van der Waals surface area contributed by atoms with Crippen LogP contribution in [0, 0.1) is 13.8 Å². The summed E-state index contributed by atoms with van der Waals surface area (Å²) in [4.78, 5) is 24.4. The van der Waals surface area contributed by atoms with E-state index >= 15 is 0 Å². The molecular weight excluding hydrogens is 334 g/mol. The van der Waals surface area contributed by atoms with Crippen molar-refractivity contribution in [1.29, 1.82) is 0 Å². The number of aromatic nitrogens is 3. The number of rotatable bonds is 6. The van der Waals surface area contributed by atoms with Gasteiger partial charge in [-0.3, -0.25) is 9.78 Å². The fraction of sp³-hybridized carbons (Fsp3) is 0.316. The summed E-state index contributed by atoms with van der Waals surface area (Å²) in [5, 5.41) is 0.387. The number of benzene rings is 1. The van der Waals surface area contributed by atoms with Crippen LogP contribution in [0.1, 0.15) is 11.4 Å². The number of ether oxygens (including phenoxy) is 3. The first-order valence-electron chi connectivity index (χ1n) is 8.21. The molecule has 0 amide bonds. The normalized spacial score (nSPS) is 10.9. The van der Waals surface area contributed by atoms with Crippen molar-refractivity contribution in [3.63, 3.8) is 0 Å². The first-order chi connectivity index (χ1) is 12.5.